The van der Waals surface area contributed by atoms with Gasteiger partial charge in [-0.05, 0) is 19.1 Å². The van der Waals surface area contributed by atoms with Crippen molar-refractivity contribution in [2.75, 3.05) is 17.7 Å². The Morgan fingerprint density at radius 1 is 1.31 bits per heavy atom. The van der Waals surface area contributed by atoms with Crippen LogP contribution in [0.4, 0.5) is 10.1 Å². The normalized spacial score (nSPS) is 11.9. The van der Waals surface area contributed by atoms with Crippen molar-refractivity contribution in [3.05, 3.63) is 46.6 Å². The summed E-state index contributed by atoms with van der Waals surface area (Å²) in [6.45, 7) is 1.57. The van der Waals surface area contributed by atoms with Gasteiger partial charge in [-0.3, -0.25) is 19.0 Å². The minimum Gasteiger partial charge on any atom is -0.365 e. The monoisotopic (exact) mass is 372 g/mol. The fourth-order valence-electron chi connectivity index (χ4n) is 2.38. The average Bonchev–Trinajstić information content (AvgIpc) is 3.05. The van der Waals surface area contributed by atoms with Crippen LogP contribution in [0, 0.1) is 0 Å². The number of rotatable bonds is 5. The number of para-hydroxylation sites is 1. The molecule has 0 fully saturated rings. The first-order chi connectivity index (χ1) is 12.4. The van der Waals surface area contributed by atoms with Crippen molar-refractivity contribution in [2.45, 2.75) is 13.0 Å². The Hall–Kier alpha value is -3.27. The molecule has 0 aliphatic carbocycles. The zero-order chi connectivity index (χ0) is 18.8. The number of aromatic nitrogens is 3. The van der Waals surface area contributed by atoms with Gasteiger partial charge in [0, 0.05) is 7.05 Å². The van der Waals surface area contributed by atoms with Gasteiger partial charge in [-0.1, -0.05) is 23.5 Å². The van der Waals surface area contributed by atoms with Gasteiger partial charge < -0.3 is 16.4 Å². The highest BCUT2D eigenvalue weighted by Gasteiger charge is 2.22. The lowest BCUT2D eigenvalue weighted by atomic mass is 10.2. The predicted octanol–water partition coefficient (Wildman–Crippen LogP) is 1.19. The van der Waals surface area contributed by atoms with Crippen LogP contribution in [0.1, 0.15) is 23.5 Å². The molecule has 3 rings (SSSR count). The zero-order valence-corrected chi connectivity index (χ0v) is 14.8. The third kappa shape index (κ3) is 3.14. The lowest BCUT2D eigenvalue weighted by molar-refractivity contribution is -0.118. The first-order valence-corrected chi connectivity index (χ1v) is 8.49. The molecule has 0 aliphatic heterocycles. The Balaban J connectivity index is 1.92. The maximum Gasteiger partial charge on any atom is 0.270 e. The Morgan fingerprint density at radius 3 is 2.73 bits per heavy atom. The summed E-state index contributed by atoms with van der Waals surface area (Å²) in [4.78, 5) is 44.9. The van der Waals surface area contributed by atoms with Crippen molar-refractivity contribution in [3.8, 4) is 0 Å². The van der Waals surface area contributed by atoms with Crippen LogP contribution >= 0.6 is 11.3 Å². The van der Waals surface area contributed by atoms with E-state index in [1.54, 1.807) is 38.2 Å². The quantitative estimate of drug-likeness (QED) is 0.616. The maximum absolute atomic E-state index is 12.6. The molecule has 2 heterocycles. The van der Waals surface area contributed by atoms with Gasteiger partial charge in [0.2, 0.25) is 5.91 Å². The van der Waals surface area contributed by atoms with E-state index >= 15 is 0 Å². The third-order valence-corrected chi connectivity index (χ3v) is 4.79. The molecule has 134 valence electrons. The number of benzene rings is 1. The van der Waals surface area contributed by atoms with Gasteiger partial charge in [0.15, 0.2) is 10.8 Å². The van der Waals surface area contributed by atoms with Crippen LogP contribution < -0.4 is 21.9 Å². The number of fused-ring (bicyclic) bond motifs is 1. The lowest BCUT2D eigenvalue weighted by Gasteiger charge is -2.14. The number of hydrogen-bond donors (Lipinski definition) is 3. The Kier molecular flexibility index (Phi) is 4.67. The maximum atomic E-state index is 12.6. The number of nitrogens with two attached hydrogens (primary N) is 1. The highest BCUT2D eigenvalue weighted by Crippen LogP contribution is 2.28. The van der Waals surface area contributed by atoms with Crippen molar-refractivity contribution in [1.29, 1.82) is 0 Å². The molecule has 1 atom stereocenters. The van der Waals surface area contributed by atoms with Crippen LogP contribution in [0.2, 0.25) is 0 Å². The largest absolute Gasteiger partial charge is 0.365 e. The molecule has 3 aromatic rings. The van der Waals surface area contributed by atoms with Gasteiger partial charge in [-0.2, -0.15) is 0 Å². The molecule has 0 spiro atoms. The highest BCUT2D eigenvalue weighted by molar-refractivity contribution is 7.20. The van der Waals surface area contributed by atoms with Gasteiger partial charge in [-0.15, -0.1) is 0 Å². The van der Waals surface area contributed by atoms with Gasteiger partial charge in [0.1, 0.15) is 11.0 Å². The number of carbonyl (C=O) groups excluding carboxylic acids is 2. The molecule has 0 saturated heterocycles. The topological polar surface area (TPSA) is 132 Å². The minimum absolute atomic E-state index is 0.0381. The fourth-order valence-corrected chi connectivity index (χ4v) is 3.21. The molecule has 26 heavy (non-hydrogen) atoms. The van der Waals surface area contributed by atoms with E-state index in [0.29, 0.717) is 16.0 Å². The van der Waals surface area contributed by atoms with Crippen molar-refractivity contribution in [1.82, 2.24) is 14.5 Å². The van der Waals surface area contributed by atoms with Gasteiger partial charge >= 0.3 is 0 Å². The van der Waals surface area contributed by atoms with Crippen molar-refractivity contribution >= 4 is 44.2 Å². The van der Waals surface area contributed by atoms with Crippen LogP contribution in [0.5, 0.6) is 0 Å². The van der Waals surface area contributed by atoms with Crippen molar-refractivity contribution in [3.63, 3.8) is 0 Å². The van der Waals surface area contributed by atoms with E-state index in [4.69, 9.17) is 5.73 Å². The number of hydrogen-bond acceptors (Lipinski definition) is 7. The highest BCUT2D eigenvalue weighted by atomic mass is 32.1. The molecule has 1 unspecified atom stereocenters. The van der Waals surface area contributed by atoms with Crippen molar-refractivity contribution in [2.24, 2.45) is 5.73 Å². The Labute approximate surface area is 151 Å². The molecule has 0 radical (unpaired) electrons. The molecular formula is C16H16N6O3S. The summed E-state index contributed by atoms with van der Waals surface area (Å²) < 4.78 is 1.24. The first kappa shape index (κ1) is 17.5. The molecule has 0 saturated carbocycles. The predicted molar refractivity (Wildman–Crippen MR) is 99.5 cm³/mol. The number of nitrogens with one attached hydrogen (secondary N) is 2. The number of primary amides is 1. The molecule has 9 nitrogen and oxygen atoms in total. The van der Waals surface area contributed by atoms with Crippen LogP contribution in [0.3, 0.4) is 0 Å². The van der Waals surface area contributed by atoms with Crippen molar-refractivity contribution < 1.29 is 9.59 Å². The Morgan fingerprint density at radius 2 is 2.04 bits per heavy atom. The summed E-state index contributed by atoms with van der Waals surface area (Å²) in [5.41, 5.74) is 5.48. The minimum atomic E-state index is -0.847. The van der Waals surface area contributed by atoms with E-state index in [9.17, 15) is 14.4 Å². The Bertz CT molecular complexity index is 1060. The average molecular weight is 372 g/mol. The number of carbonyl (C=O) groups is 2. The molecule has 10 heteroatoms. The van der Waals surface area contributed by atoms with Crippen LogP contribution in [0.25, 0.3) is 10.9 Å². The number of nitrogens with zero attached hydrogens (tertiary/aromatic N) is 3. The van der Waals surface area contributed by atoms with Crippen LogP contribution in [-0.4, -0.2) is 33.4 Å². The zero-order valence-electron chi connectivity index (χ0n) is 14.0. The van der Waals surface area contributed by atoms with E-state index in [1.165, 1.54) is 10.9 Å². The summed E-state index contributed by atoms with van der Waals surface area (Å²) in [5.74, 6) is -1.24. The van der Waals surface area contributed by atoms with Crippen LogP contribution in [-0.2, 0) is 4.79 Å². The smallest absolute Gasteiger partial charge is 0.270 e. The van der Waals surface area contributed by atoms with E-state index in [0.717, 1.165) is 11.3 Å². The standard InChI is InChI=1S/C16H16N6O3S/c1-8(22-7-19-10-6-4-3-5-9(10)15(22)25)13(24)21-14-11(12(17)23)20-16(18-2)26-14/h3-8H,1-2H3,(H2,17,23)(H,18,20)(H,21,24). The second-order valence-electron chi connectivity index (χ2n) is 5.45. The van der Waals surface area contributed by atoms with E-state index < -0.39 is 17.9 Å². The van der Waals surface area contributed by atoms with E-state index in [-0.39, 0.29) is 16.3 Å². The van der Waals surface area contributed by atoms with Gasteiger partial charge in [0.25, 0.3) is 11.5 Å². The summed E-state index contributed by atoms with van der Waals surface area (Å²) in [6, 6.07) is 6.04. The second-order valence-corrected chi connectivity index (χ2v) is 6.45. The number of amides is 2. The molecule has 4 N–H and O–H groups in total. The molecule has 2 aromatic heterocycles. The molecule has 1 aromatic carbocycles. The number of anilines is 2. The third-order valence-electron chi connectivity index (χ3n) is 3.80. The summed E-state index contributed by atoms with van der Waals surface area (Å²) >= 11 is 1.08. The fraction of sp³-hybridized carbons (Fsp3) is 0.188. The van der Waals surface area contributed by atoms with Crippen LogP contribution in [0.15, 0.2) is 35.4 Å². The number of thiazole rings is 1. The molecule has 0 aliphatic rings. The SMILES string of the molecule is CNc1nc(C(N)=O)c(NC(=O)C(C)n2cnc3ccccc3c2=O)s1. The second kappa shape index (κ2) is 6.92. The summed E-state index contributed by atoms with van der Waals surface area (Å²) in [7, 11) is 1.64. The van der Waals surface area contributed by atoms with E-state index in [1.807, 2.05) is 0 Å². The molecule has 2 amide bonds. The molecule has 0 bridgehead atoms. The lowest BCUT2D eigenvalue weighted by Crippen LogP contribution is -2.32. The van der Waals surface area contributed by atoms with E-state index in [2.05, 4.69) is 20.6 Å². The molecular weight excluding hydrogens is 356 g/mol. The summed E-state index contributed by atoms with van der Waals surface area (Å²) in [5, 5.41) is 6.48. The van der Waals surface area contributed by atoms with Gasteiger partial charge in [0.05, 0.1) is 17.2 Å². The first-order valence-electron chi connectivity index (χ1n) is 7.67. The van der Waals surface area contributed by atoms with Gasteiger partial charge in [-0.25, -0.2) is 9.97 Å². The summed E-state index contributed by atoms with van der Waals surface area (Å²) in [6.07, 6.45) is 1.33.